The van der Waals surface area contributed by atoms with Gasteiger partial charge in [0.15, 0.2) is 0 Å². The van der Waals surface area contributed by atoms with E-state index in [9.17, 15) is 4.79 Å². The van der Waals surface area contributed by atoms with Crippen molar-refractivity contribution >= 4 is 27.5 Å². The van der Waals surface area contributed by atoms with Gasteiger partial charge in [-0.25, -0.2) is 4.98 Å². The summed E-state index contributed by atoms with van der Waals surface area (Å²) in [5, 5.41) is 5.78. The van der Waals surface area contributed by atoms with Crippen LogP contribution in [0.5, 0.6) is 0 Å². The largest absolute Gasteiger partial charge is 0.350 e. The van der Waals surface area contributed by atoms with E-state index in [-0.39, 0.29) is 5.91 Å². The van der Waals surface area contributed by atoms with E-state index < -0.39 is 0 Å². The second-order valence-electron chi connectivity index (χ2n) is 3.98. The first-order valence-electron chi connectivity index (χ1n) is 5.73. The van der Waals surface area contributed by atoms with Gasteiger partial charge in [-0.05, 0) is 35.1 Å². The van der Waals surface area contributed by atoms with Crippen molar-refractivity contribution < 1.29 is 4.79 Å². The highest BCUT2D eigenvalue weighted by Gasteiger charge is 2.04. The molecule has 0 saturated carbocycles. The first-order valence-corrected chi connectivity index (χ1v) is 6.53. The molecule has 0 aromatic carbocycles. The van der Waals surface area contributed by atoms with Crippen LogP contribution in [0.15, 0.2) is 29.0 Å². The van der Waals surface area contributed by atoms with Gasteiger partial charge >= 0.3 is 0 Å². The van der Waals surface area contributed by atoms with Gasteiger partial charge in [0.2, 0.25) is 5.91 Å². The Bertz CT molecular complexity index is 552. The molecule has 2 heterocycles. The van der Waals surface area contributed by atoms with Gasteiger partial charge in [-0.1, -0.05) is 0 Å². The number of hydrogen-bond acceptors (Lipinski definition) is 3. The molecule has 0 bridgehead atoms. The van der Waals surface area contributed by atoms with Crippen molar-refractivity contribution in [3.63, 3.8) is 0 Å². The van der Waals surface area contributed by atoms with Crippen molar-refractivity contribution in [1.29, 1.82) is 0 Å². The Hall–Kier alpha value is -1.40. The Morgan fingerprint density at radius 1 is 1.44 bits per heavy atom. The van der Waals surface area contributed by atoms with Crippen LogP contribution in [0.25, 0.3) is 5.65 Å². The van der Waals surface area contributed by atoms with Crippen LogP contribution < -0.4 is 10.6 Å². The first-order chi connectivity index (χ1) is 8.69. The smallest absolute Gasteiger partial charge is 0.221 e. The van der Waals surface area contributed by atoms with Crippen molar-refractivity contribution in [3.05, 3.63) is 34.7 Å². The Balaban J connectivity index is 1.97. The average molecular weight is 311 g/mol. The Labute approximate surface area is 114 Å². The third-order valence-electron chi connectivity index (χ3n) is 2.53. The molecule has 0 aliphatic rings. The van der Waals surface area contributed by atoms with Crippen molar-refractivity contribution in [3.8, 4) is 0 Å². The number of carbonyl (C=O) groups is 1. The quantitative estimate of drug-likeness (QED) is 0.876. The summed E-state index contributed by atoms with van der Waals surface area (Å²) < 4.78 is 2.93. The fourth-order valence-corrected chi connectivity index (χ4v) is 1.97. The number of fused-ring (bicyclic) bond motifs is 1. The van der Waals surface area contributed by atoms with E-state index in [4.69, 9.17) is 0 Å². The number of aromatic nitrogens is 2. The normalized spacial score (nSPS) is 10.8. The number of carbonyl (C=O) groups excluding carboxylic acids is 1. The second-order valence-corrected chi connectivity index (χ2v) is 4.89. The molecule has 0 atom stereocenters. The summed E-state index contributed by atoms with van der Waals surface area (Å²) in [6, 6.07) is 3.87. The van der Waals surface area contributed by atoms with Gasteiger partial charge in [-0.15, -0.1) is 0 Å². The van der Waals surface area contributed by atoms with Crippen molar-refractivity contribution in [2.24, 2.45) is 0 Å². The molecule has 0 fully saturated rings. The van der Waals surface area contributed by atoms with Gasteiger partial charge in [0.05, 0.1) is 12.2 Å². The molecule has 0 radical (unpaired) electrons. The third kappa shape index (κ3) is 3.30. The molecule has 0 unspecified atom stereocenters. The molecular weight excluding hydrogens is 296 g/mol. The van der Waals surface area contributed by atoms with Gasteiger partial charge in [-0.3, -0.25) is 4.79 Å². The number of amides is 1. The molecule has 2 rings (SSSR count). The fourth-order valence-electron chi connectivity index (χ4n) is 1.62. The average Bonchev–Trinajstić information content (AvgIpc) is 2.75. The van der Waals surface area contributed by atoms with Crippen LogP contribution in [0.2, 0.25) is 0 Å². The molecule has 18 heavy (non-hydrogen) atoms. The minimum absolute atomic E-state index is 0.0302. The highest BCUT2D eigenvalue weighted by Crippen LogP contribution is 2.12. The summed E-state index contributed by atoms with van der Waals surface area (Å²) in [5.41, 5.74) is 1.73. The molecule has 2 aromatic heterocycles. The van der Waals surface area contributed by atoms with Gasteiger partial charge in [0.25, 0.3) is 0 Å². The zero-order chi connectivity index (χ0) is 13.0. The predicted molar refractivity (Wildman–Crippen MR) is 73.3 cm³/mol. The lowest BCUT2D eigenvalue weighted by atomic mass is 10.4. The molecule has 0 aliphatic carbocycles. The number of pyridine rings is 1. The topological polar surface area (TPSA) is 58.4 Å². The maximum atomic E-state index is 11.5. The molecule has 96 valence electrons. The van der Waals surface area contributed by atoms with Gasteiger partial charge < -0.3 is 15.0 Å². The summed E-state index contributed by atoms with van der Waals surface area (Å²) in [7, 11) is 1.83. The monoisotopic (exact) mass is 310 g/mol. The van der Waals surface area contributed by atoms with Crippen LogP contribution in [0, 0.1) is 0 Å². The number of hydrogen-bond donors (Lipinski definition) is 2. The zero-order valence-electron chi connectivity index (χ0n) is 10.1. The highest BCUT2D eigenvalue weighted by atomic mass is 79.9. The predicted octanol–water partition coefficient (Wildman–Crippen LogP) is 1.32. The van der Waals surface area contributed by atoms with Crippen molar-refractivity contribution in [1.82, 2.24) is 20.0 Å². The number of rotatable bonds is 5. The van der Waals surface area contributed by atoms with Crippen LogP contribution in [-0.4, -0.2) is 28.9 Å². The second kappa shape index (κ2) is 5.97. The lowest BCUT2D eigenvalue weighted by Gasteiger charge is -2.01. The fraction of sp³-hybridized carbons (Fsp3) is 0.333. The standard InChI is InChI=1S/C12H15BrN4O/c1-14-5-4-12(18)15-6-10-8-17-7-9(13)2-3-11(17)16-10/h2-3,7-8,14H,4-6H2,1H3,(H,15,18). The van der Waals surface area contributed by atoms with Gasteiger partial charge in [0, 0.05) is 29.8 Å². The van der Waals surface area contributed by atoms with Crippen LogP contribution in [0.3, 0.4) is 0 Å². The Kier molecular flexibility index (Phi) is 4.33. The van der Waals surface area contributed by atoms with Crippen LogP contribution in [0.1, 0.15) is 12.1 Å². The molecule has 5 nitrogen and oxygen atoms in total. The van der Waals surface area contributed by atoms with Gasteiger partial charge in [0.1, 0.15) is 5.65 Å². The SMILES string of the molecule is CNCCC(=O)NCc1cn2cc(Br)ccc2n1. The molecule has 0 aliphatic heterocycles. The molecule has 0 saturated heterocycles. The van der Waals surface area contributed by atoms with Crippen molar-refractivity contribution in [2.45, 2.75) is 13.0 Å². The van der Waals surface area contributed by atoms with E-state index in [0.29, 0.717) is 19.5 Å². The minimum atomic E-state index is 0.0302. The van der Waals surface area contributed by atoms with Crippen LogP contribution in [0.4, 0.5) is 0 Å². The maximum Gasteiger partial charge on any atom is 0.221 e. The van der Waals surface area contributed by atoms with E-state index in [1.165, 1.54) is 0 Å². The lowest BCUT2D eigenvalue weighted by molar-refractivity contribution is -0.121. The zero-order valence-corrected chi connectivity index (χ0v) is 11.7. The summed E-state index contributed by atoms with van der Waals surface area (Å²) in [6.45, 7) is 1.14. The highest BCUT2D eigenvalue weighted by molar-refractivity contribution is 9.10. The summed E-state index contributed by atoms with van der Waals surface area (Å²) in [5.74, 6) is 0.0302. The van der Waals surface area contributed by atoms with E-state index >= 15 is 0 Å². The van der Waals surface area contributed by atoms with E-state index in [1.54, 1.807) is 0 Å². The lowest BCUT2D eigenvalue weighted by Crippen LogP contribution is -2.26. The molecule has 1 amide bonds. The Morgan fingerprint density at radius 3 is 3.06 bits per heavy atom. The summed E-state index contributed by atoms with van der Waals surface area (Å²) in [4.78, 5) is 15.9. The van der Waals surface area contributed by atoms with E-state index in [1.807, 2.05) is 36.0 Å². The van der Waals surface area contributed by atoms with Crippen LogP contribution >= 0.6 is 15.9 Å². The van der Waals surface area contributed by atoms with Crippen LogP contribution in [-0.2, 0) is 11.3 Å². The summed E-state index contributed by atoms with van der Waals surface area (Å²) >= 11 is 3.41. The van der Waals surface area contributed by atoms with E-state index in [2.05, 4.69) is 31.5 Å². The molecule has 2 aromatic rings. The number of imidazole rings is 1. The molecule has 6 heteroatoms. The molecule has 2 N–H and O–H groups in total. The van der Waals surface area contributed by atoms with Crippen molar-refractivity contribution in [2.75, 3.05) is 13.6 Å². The summed E-state index contributed by atoms with van der Waals surface area (Å²) in [6.07, 6.45) is 4.34. The number of nitrogens with one attached hydrogen (secondary N) is 2. The third-order valence-corrected chi connectivity index (χ3v) is 3.00. The first kappa shape index (κ1) is 13.0. The number of halogens is 1. The number of nitrogens with zero attached hydrogens (tertiary/aromatic N) is 2. The maximum absolute atomic E-state index is 11.5. The minimum Gasteiger partial charge on any atom is -0.350 e. The Morgan fingerprint density at radius 2 is 2.28 bits per heavy atom. The van der Waals surface area contributed by atoms with Gasteiger partial charge in [-0.2, -0.15) is 0 Å². The van der Waals surface area contributed by atoms with E-state index in [0.717, 1.165) is 15.8 Å². The molecular formula is C12H15BrN4O. The molecule has 0 spiro atoms.